The zero-order valence-corrected chi connectivity index (χ0v) is 13.9. The molecule has 0 spiro atoms. The number of rotatable bonds is 5. The maximum atomic E-state index is 12.7. The molecule has 7 nitrogen and oxygen atoms in total. The largest absolute Gasteiger partial charge is 0.348 e. The fraction of sp³-hybridized carbons (Fsp3) is 0.0526. The normalized spacial score (nSPS) is 10.6. The van der Waals surface area contributed by atoms with Gasteiger partial charge in [-0.25, -0.2) is 14.6 Å². The van der Waals surface area contributed by atoms with E-state index in [2.05, 4.69) is 20.4 Å². The number of aromatic nitrogens is 5. The van der Waals surface area contributed by atoms with Crippen LogP contribution in [0.25, 0.3) is 11.4 Å². The first kappa shape index (κ1) is 15.8. The first-order valence-corrected chi connectivity index (χ1v) is 8.11. The van der Waals surface area contributed by atoms with Gasteiger partial charge in [0.2, 0.25) is 0 Å². The molecule has 0 bridgehead atoms. The molecule has 0 aliphatic rings. The highest BCUT2D eigenvalue weighted by Gasteiger charge is 2.12. The first-order chi connectivity index (χ1) is 12.8. The summed E-state index contributed by atoms with van der Waals surface area (Å²) in [6.07, 6.45) is 8.37. The number of carbonyl (C=O) groups excluding carboxylic acids is 1. The third-order valence-electron chi connectivity index (χ3n) is 3.98. The van der Waals surface area contributed by atoms with E-state index in [4.69, 9.17) is 0 Å². The highest BCUT2D eigenvalue weighted by molar-refractivity contribution is 5.97. The Morgan fingerprint density at radius 1 is 1.04 bits per heavy atom. The SMILES string of the molecule is O=C(NCc1cccc(-n2ccnc2)c1)c1ccccc1-n1cncn1. The number of hydrogen-bond acceptors (Lipinski definition) is 4. The van der Waals surface area contributed by atoms with E-state index in [0.29, 0.717) is 17.8 Å². The maximum absolute atomic E-state index is 12.7. The van der Waals surface area contributed by atoms with Gasteiger partial charge in [-0.05, 0) is 29.8 Å². The van der Waals surface area contributed by atoms with Crippen molar-refractivity contribution < 1.29 is 4.79 Å². The lowest BCUT2D eigenvalue weighted by Crippen LogP contribution is -2.24. The van der Waals surface area contributed by atoms with Crippen LogP contribution in [0.4, 0.5) is 0 Å². The quantitative estimate of drug-likeness (QED) is 0.603. The van der Waals surface area contributed by atoms with E-state index in [1.165, 1.54) is 6.33 Å². The average Bonchev–Trinajstić information content (AvgIpc) is 3.40. The Bertz CT molecular complexity index is 1010. The van der Waals surface area contributed by atoms with E-state index < -0.39 is 0 Å². The Morgan fingerprint density at radius 3 is 2.77 bits per heavy atom. The molecular formula is C19H16N6O. The van der Waals surface area contributed by atoms with Crippen molar-refractivity contribution in [3.63, 3.8) is 0 Å². The van der Waals surface area contributed by atoms with E-state index in [9.17, 15) is 4.79 Å². The minimum Gasteiger partial charge on any atom is -0.348 e. The Kier molecular flexibility index (Phi) is 4.26. The van der Waals surface area contributed by atoms with Crippen LogP contribution in [0.3, 0.4) is 0 Å². The van der Waals surface area contributed by atoms with Crippen LogP contribution in [-0.4, -0.2) is 30.2 Å². The number of nitrogens with zero attached hydrogens (tertiary/aromatic N) is 5. The molecule has 128 valence electrons. The van der Waals surface area contributed by atoms with Crippen LogP contribution in [0.15, 0.2) is 79.9 Å². The summed E-state index contributed by atoms with van der Waals surface area (Å²) in [5, 5.41) is 7.07. The summed E-state index contributed by atoms with van der Waals surface area (Å²) < 4.78 is 3.50. The Hall–Kier alpha value is -3.74. The molecule has 1 amide bonds. The molecular weight excluding hydrogens is 328 g/mol. The molecule has 0 saturated carbocycles. The van der Waals surface area contributed by atoms with Crippen molar-refractivity contribution in [1.82, 2.24) is 29.6 Å². The molecule has 1 N–H and O–H groups in total. The standard InChI is InChI=1S/C19H16N6O/c26-19(17-6-1-2-7-18(17)25-14-21-12-23-25)22-11-15-4-3-5-16(10-15)24-9-8-20-13-24/h1-10,12-14H,11H2,(H,22,26). The minimum absolute atomic E-state index is 0.163. The predicted octanol–water partition coefficient (Wildman–Crippen LogP) is 2.38. The molecule has 2 heterocycles. The van der Waals surface area contributed by atoms with E-state index in [1.54, 1.807) is 29.6 Å². The highest BCUT2D eigenvalue weighted by atomic mass is 16.1. The number of para-hydroxylation sites is 1. The van der Waals surface area contributed by atoms with Gasteiger partial charge in [-0.2, -0.15) is 5.10 Å². The summed E-state index contributed by atoms with van der Waals surface area (Å²) in [5.74, 6) is -0.163. The number of imidazole rings is 1. The lowest BCUT2D eigenvalue weighted by atomic mass is 10.1. The second-order valence-electron chi connectivity index (χ2n) is 5.68. The second-order valence-corrected chi connectivity index (χ2v) is 5.68. The van der Waals surface area contributed by atoms with Crippen LogP contribution < -0.4 is 5.32 Å². The fourth-order valence-corrected chi connectivity index (χ4v) is 2.71. The molecule has 0 aliphatic carbocycles. The molecule has 0 saturated heterocycles. The van der Waals surface area contributed by atoms with Gasteiger partial charge in [0, 0.05) is 24.6 Å². The molecule has 0 atom stereocenters. The van der Waals surface area contributed by atoms with Gasteiger partial charge in [-0.3, -0.25) is 4.79 Å². The molecule has 7 heteroatoms. The first-order valence-electron chi connectivity index (χ1n) is 8.11. The van der Waals surface area contributed by atoms with Gasteiger partial charge >= 0.3 is 0 Å². The molecule has 0 unspecified atom stereocenters. The van der Waals surface area contributed by atoms with Crippen molar-refractivity contribution in [2.75, 3.05) is 0 Å². The van der Waals surface area contributed by atoms with Crippen LogP contribution in [0.5, 0.6) is 0 Å². The maximum Gasteiger partial charge on any atom is 0.253 e. The minimum atomic E-state index is -0.163. The van der Waals surface area contributed by atoms with Crippen molar-refractivity contribution in [3.8, 4) is 11.4 Å². The zero-order valence-electron chi connectivity index (χ0n) is 13.9. The molecule has 2 aromatic carbocycles. The lowest BCUT2D eigenvalue weighted by Gasteiger charge is -2.11. The van der Waals surface area contributed by atoms with E-state index >= 15 is 0 Å². The van der Waals surface area contributed by atoms with Crippen LogP contribution >= 0.6 is 0 Å². The summed E-state index contributed by atoms with van der Waals surface area (Å²) in [4.78, 5) is 20.7. The third-order valence-corrected chi connectivity index (χ3v) is 3.98. The molecule has 0 radical (unpaired) electrons. The Labute approximate surface area is 150 Å². The van der Waals surface area contributed by atoms with Gasteiger partial charge in [0.1, 0.15) is 12.7 Å². The Morgan fingerprint density at radius 2 is 1.96 bits per heavy atom. The number of nitrogens with one attached hydrogen (secondary N) is 1. The van der Waals surface area contributed by atoms with E-state index in [0.717, 1.165) is 11.3 Å². The molecule has 0 aliphatic heterocycles. The molecule has 2 aromatic heterocycles. The van der Waals surface area contributed by atoms with Crippen LogP contribution in [-0.2, 0) is 6.54 Å². The van der Waals surface area contributed by atoms with Crippen molar-refractivity contribution in [3.05, 3.63) is 91.0 Å². The summed E-state index contributed by atoms with van der Waals surface area (Å²) >= 11 is 0. The van der Waals surface area contributed by atoms with Gasteiger partial charge in [0.05, 0.1) is 17.6 Å². The van der Waals surface area contributed by atoms with Crippen molar-refractivity contribution in [2.45, 2.75) is 6.54 Å². The summed E-state index contributed by atoms with van der Waals surface area (Å²) in [7, 11) is 0. The lowest BCUT2D eigenvalue weighted by molar-refractivity contribution is 0.0950. The monoisotopic (exact) mass is 344 g/mol. The molecule has 0 fully saturated rings. The molecule has 4 rings (SSSR count). The number of amides is 1. The summed E-state index contributed by atoms with van der Waals surface area (Å²) in [6.45, 7) is 0.424. The fourth-order valence-electron chi connectivity index (χ4n) is 2.71. The van der Waals surface area contributed by atoms with E-state index in [1.807, 2.05) is 53.2 Å². The van der Waals surface area contributed by atoms with Crippen molar-refractivity contribution in [2.24, 2.45) is 0 Å². The van der Waals surface area contributed by atoms with E-state index in [-0.39, 0.29) is 5.91 Å². The summed E-state index contributed by atoms with van der Waals surface area (Å²) in [5.41, 5.74) is 3.23. The van der Waals surface area contributed by atoms with Crippen LogP contribution in [0.1, 0.15) is 15.9 Å². The Balaban J connectivity index is 1.51. The third kappa shape index (κ3) is 3.23. The molecule has 26 heavy (non-hydrogen) atoms. The molecule has 4 aromatic rings. The van der Waals surface area contributed by atoms with Gasteiger partial charge in [0.25, 0.3) is 5.91 Å². The second kappa shape index (κ2) is 7.02. The van der Waals surface area contributed by atoms with Crippen LogP contribution in [0.2, 0.25) is 0 Å². The number of hydrogen-bond donors (Lipinski definition) is 1. The number of carbonyl (C=O) groups is 1. The average molecular weight is 344 g/mol. The van der Waals surface area contributed by atoms with Crippen molar-refractivity contribution >= 4 is 5.91 Å². The van der Waals surface area contributed by atoms with Crippen molar-refractivity contribution in [1.29, 1.82) is 0 Å². The summed E-state index contributed by atoms with van der Waals surface area (Å²) in [6, 6.07) is 15.2. The topological polar surface area (TPSA) is 77.6 Å². The van der Waals surface area contributed by atoms with Gasteiger partial charge in [-0.15, -0.1) is 0 Å². The highest BCUT2D eigenvalue weighted by Crippen LogP contribution is 2.14. The number of benzene rings is 2. The predicted molar refractivity (Wildman–Crippen MR) is 96.1 cm³/mol. The van der Waals surface area contributed by atoms with Gasteiger partial charge in [0.15, 0.2) is 0 Å². The van der Waals surface area contributed by atoms with Gasteiger partial charge < -0.3 is 9.88 Å². The van der Waals surface area contributed by atoms with Gasteiger partial charge in [-0.1, -0.05) is 24.3 Å². The smallest absolute Gasteiger partial charge is 0.253 e. The zero-order chi connectivity index (χ0) is 17.8. The van der Waals surface area contributed by atoms with Crippen LogP contribution in [0, 0.1) is 0 Å².